The van der Waals surface area contributed by atoms with Gasteiger partial charge in [-0.2, -0.15) is 0 Å². The summed E-state index contributed by atoms with van der Waals surface area (Å²) in [6.45, 7) is 5.50. The van der Waals surface area contributed by atoms with Gasteiger partial charge in [-0.3, -0.25) is 4.79 Å². The number of nitrogens with zero attached hydrogens (tertiary/aromatic N) is 1. The number of amides is 1. The molecule has 0 heterocycles. The van der Waals surface area contributed by atoms with Crippen molar-refractivity contribution >= 4 is 11.9 Å². The van der Waals surface area contributed by atoms with Crippen molar-refractivity contribution in [2.75, 3.05) is 32.8 Å². The van der Waals surface area contributed by atoms with Crippen LogP contribution in [0.2, 0.25) is 0 Å². The fourth-order valence-electron chi connectivity index (χ4n) is 2.93. The van der Waals surface area contributed by atoms with Crippen LogP contribution in [0.15, 0.2) is 4.99 Å². The van der Waals surface area contributed by atoms with Crippen LogP contribution in [0.1, 0.15) is 58.3 Å². The Hall–Kier alpha value is -1.30. The highest BCUT2D eigenvalue weighted by atomic mass is 16.5. The smallest absolute Gasteiger partial charge is 0.242 e. The average molecular weight is 338 g/mol. The lowest BCUT2D eigenvalue weighted by Crippen LogP contribution is -2.41. The third-order valence-corrected chi connectivity index (χ3v) is 4.50. The number of rotatable bonds is 10. The zero-order valence-electron chi connectivity index (χ0n) is 15.1. The monoisotopic (exact) mass is 338 g/mol. The molecular weight excluding hydrogens is 304 g/mol. The zero-order valence-corrected chi connectivity index (χ0v) is 15.1. The van der Waals surface area contributed by atoms with Crippen molar-refractivity contribution in [2.45, 2.75) is 64.3 Å². The summed E-state index contributed by atoms with van der Waals surface area (Å²) in [5, 5.41) is 9.54. The van der Waals surface area contributed by atoms with Gasteiger partial charge in [0.05, 0.1) is 0 Å². The summed E-state index contributed by atoms with van der Waals surface area (Å²) in [6, 6.07) is 0.348. The first kappa shape index (κ1) is 19.0. The molecule has 138 valence electrons. The van der Waals surface area contributed by atoms with Crippen molar-refractivity contribution in [1.82, 2.24) is 16.0 Å². The van der Waals surface area contributed by atoms with Gasteiger partial charge in [0, 0.05) is 32.3 Å². The molecule has 2 saturated carbocycles. The number of guanidine groups is 1. The molecule has 0 spiro atoms. The van der Waals surface area contributed by atoms with Gasteiger partial charge in [-0.05, 0) is 44.9 Å². The number of ether oxygens (including phenoxy) is 1. The summed E-state index contributed by atoms with van der Waals surface area (Å²) in [5.41, 5.74) is 0. The van der Waals surface area contributed by atoms with Crippen molar-refractivity contribution in [3.05, 3.63) is 0 Å². The van der Waals surface area contributed by atoms with Gasteiger partial charge in [-0.25, -0.2) is 4.99 Å². The summed E-state index contributed by atoms with van der Waals surface area (Å²) < 4.78 is 5.62. The van der Waals surface area contributed by atoms with Gasteiger partial charge < -0.3 is 20.7 Å². The van der Waals surface area contributed by atoms with Crippen LogP contribution in [0.4, 0.5) is 0 Å². The summed E-state index contributed by atoms with van der Waals surface area (Å²) in [5.74, 6) is 1.55. The second kappa shape index (κ2) is 11.3. The van der Waals surface area contributed by atoms with E-state index >= 15 is 0 Å². The number of aliphatic imine (C=N–C) groups is 1. The minimum Gasteiger partial charge on any atom is -0.381 e. The lowest BCUT2D eigenvalue weighted by Gasteiger charge is -2.22. The van der Waals surface area contributed by atoms with Crippen molar-refractivity contribution in [2.24, 2.45) is 10.9 Å². The molecule has 0 aromatic carbocycles. The normalized spacial score (nSPS) is 19.1. The van der Waals surface area contributed by atoms with Crippen LogP contribution >= 0.6 is 0 Å². The van der Waals surface area contributed by atoms with Crippen LogP contribution in [0.25, 0.3) is 0 Å². The lowest BCUT2D eigenvalue weighted by molar-refractivity contribution is -0.120. The molecule has 0 aromatic heterocycles. The maximum atomic E-state index is 12.0. The second-order valence-electron chi connectivity index (χ2n) is 6.90. The van der Waals surface area contributed by atoms with E-state index in [-0.39, 0.29) is 12.5 Å². The quantitative estimate of drug-likeness (QED) is 0.323. The number of hydrogen-bond donors (Lipinski definition) is 3. The van der Waals surface area contributed by atoms with Crippen LogP contribution in [-0.2, 0) is 9.53 Å². The van der Waals surface area contributed by atoms with Crippen LogP contribution < -0.4 is 16.0 Å². The number of hydrogen-bond acceptors (Lipinski definition) is 3. The van der Waals surface area contributed by atoms with Crippen LogP contribution in [0, 0.1) is 5.92 Å². The van der Waals surface area contributed by atoms with E-state index in [1.807, 2.05) is 6.92 Å². The van der Waals surface area contributed by atoms with Gasteiger partial charge in [-0.1, -0.05) is 19.3 Å². The Balaban J connectivity index is 1.58. The van der Waals surface area contributed by atoms with E-state index in [2.05, 4.69) is 20.9 Å². The molecule has 2 rings (SSSR count). The molecule has 1 amide bonds. The molecule has 0 atom stereocenters. The van der Waals surface area contributed by atoms with Gasteiger partial charge >= 0.3 is 0 Å². The molecule has 2 fully saturated rings. The Morgan fingerprint density at radius 1 is 1.12 bits per heavy atom. The Morgan fingerprint density at radius 2 is 1.92 bits per heavy atom. The van der Waals surface area contributed by atoms with E-state index in [9.17, 15) is 4.79 Å². The zero-order chi connectivity index (χ0) is 17.0. The van der Waals surface area contributed by atoms with Crippen LogP contribution in [0.5, 0.6) is 0 Å². The van der Waals surface area contributed by atoms with Gasteiger partial charge in [0.15, 0.2) is 5.96 Å². The number of carbonyl (C=O) groups excluding carboxylic acids is 1. The summed E-state index contributed by atoms with van der Waals surface area (Å²) in [4.78, 5) is 16.4. The van der Waals surface area contributed by atoms with E-state index in [0.29, 0.717) is 12.0 Å². The Labute approximate surface area is 146 Å². The molecule has 0 aromatic rings. The van der Waals surface area contributed by atoms with E-state index < -0.39 is 0 Å². The predicted molar refractivity (Wildman–Crippen MR) is 97.2 cm³/mol. The van der Waals surface area contributed by atoms with Crippen LogP contribution in [-0.4, -0.2) is 50.8 Å². The highest BCUT2D eigenvalue weighted by Gasteiger charge is 2.20. The topological polar surface area (TPSA) is 74.8 Å². The molecule has 0 bridgehead atoms. The molecule has 0 unspecified atom stereocenters. The largest absolute Gasteiger partial charge is 0.381 e. The molecule has 3 N–H and O–H groups in total. The third-order valence-electron chi connectivity index (χ3n) is 4.50. The first-order valence-electron chi connectivity index (χ1n) is 9.67. The maximum absolute atomic E-state index is 12.0. The van der Waals surface area contributed by atoms with Gasteiger partial charge in [0.25, 0.3) is 0 Å². The van der Waals surface area contributed by atoms with Crippen molar-refractivity contribution in [1.29, 1.82) is 0 Å². The van der Waals surface area contributed by atoms with E-state index in [1.165, 1.54) is 32.1 Å². The molecule has 24 heavy (non-hydrogen) atoms. The minimum atomic E-state index is 0.0202. The Kier molecular flexibility index (Phi) is 8.95. The predicted octanol–water partition coefficient (Wildman–Crippen LogP) is 1.81. The maximum Gasteiger partial charge on any atom is 0.242 e. The average Bonchev–Trinajstić information content (AvgIpc) is 3.41. The SMILES string of the molecule is CCNC(=NCC(=O)NC1CCCCC1)NCCCOCC1CC1. The number of nitrogens with one attached hydrogen (secondary N) is 3. The van der Waals surface area contributed by atoms with Gasteiger partial charge in [0.2, 0.25) is 5.91 Å². The summed E-state index contributed by atoms with van der Waals surface area (Å²) in [7, 11) is 0. The van der Waals surface area contributed by atoms with E-state index in [0.717, 1.165) is 51.5 Å². The van der Waals surface area contributed by atoms with Crippen molar-refractivity contribution in [3.63, 3.8) is 0 Å². The minimum absolute atomic E-state index is 0.0202. The summed E-state index contributed by atoms with van der Waals surface area (Å²) >= 11 is 0. The summed E-state index contributed by atoms with van der Waals surface area (Å²) in [6.07, 6.45) is 9.57. The first-order valence-corrected chi connectivity index (χ1v) is 9.67. The molecular formula is C18H34N4O2. The molecule has 2 aliphatic rings. The van der Waals surface area contributed by atoms with Gasteiger partial charge in [0.1, 0.15) is 6.54 Å². The lowest BCUT2D eigenvalue weighted by atomic mass is 9.95. The van der Waals surface area contributed by atoms with Gasteiger partial charge in [-0.15, -0.1) is 0 Å². The first-order chi connectivity index (χ1) is 11.8. The second-order valence-corrected chi connectivity index (χ2v) is 6.90. The molecule has 0 aliphatic heterocycles. The fourth-order valence-corrected chi connectivity index (χ4v) is 2.93. The van der Waals surface area contributed by atoms with E-state index in [4.69, 9.17) is 4.74 Å². The molecule has 2 aliphatic carbocycles. The molecule has 0 saturated heterocycles. The molecule has 6 nitrogen and oxygen atoms in total. The number of carbonyl (C=O) groups is 1. The molecule has 0 radical (unpaired) electrons. The highest BCUT2D eigenvalue weighted by Crippen LogP contribution is 2.28. The molecule has 6 heteroatoms. The third kappa shape index (κ3) is 8.52. The highest BCUT2D eigenvalue weighted by molar-refractivity contribution is 5.84. The van der Waals surface area contributed by atoms with Crippen molar-refractivity contribution < 1.29 is 9.53 Å². The van der Waals surface area contributed by atoms with Crippen molar-refractivity contribution in [3.8, 4) is 0 Å². The van der Waals surface area contributed by atoms with Crippen LogP contribution in [0.3, 0.4) is 0 Å². The Morgan fingerprint density at radius 3 is 2.62 bits per heavy atom. The fraction of sp³-hybridized carbons (Fsp3) is 0.889. The Bertz CT molecular complexity index is 390. The van der Waals surface area contributed by atoms with E-state index in [1.54, 1.807) is 0 Å². The standard InChI is InChI=1S/C18H34N4O2/c1-2-19-18(20-11-6-12-24-14-15-9-10-15)21-13-17(23)22-16-7-4-3-5-8-16/h15-16H,2-14H2,1H3,(H,22,23)(H2,19,20,21).